The average molecular weight is 311 g/mol. The Bertz CT molecular complexity index is 511. The maximum atomic E-state index is 11.3. The fourth-order valence-corrected chi connectivity index (χ4v) is 3.36. The van der Waals surface area contributed by atoms with Crippen molar-refractivity contribution in [2.45, 2.75) is 39.0 Å². The number of hydrogen-bond acceptors (Lipinski definition) is 3. The van der Waals surface area contributed by atoms with Gasteiger partial charge in [-0.05, 0) is 36.8 Å². The summed E-state index contributed by atoms with van der Waals surface area (Å²) in [7, 11) is 0. The smallest absolute Gasteiger partial charge is 0.337 e. The van der Waals surface area contributed by atoms with Crippen LogP contribution in [0.2, 0.25) is 5.02 Å². The summed E-state index contributed by atoms with van der Waals surface area (Å²) in [6, 6.07) is 3.04. The molecule has 0 saturated heterocycles. The Balaban J connectivity index is 2.02. The fraction of sp³-hybridized carbons (Fsp3) is 0.562. The summed E-state index contributed by atoms with van der Waals surface area (Å²) in [5.41, 5.74) is 6.65. The summed E-state index contributed by atoms with van der Waals surface area (Å²) in [4.78, 5) is 11.3. The van der Waals surface area contributed by atoms with Crippen molar-refractivity contribution in [2.24, 2.45) is 11.8 Å². The van der Waals surface area contributed by atoms with Crippen LogP contribution in [-0.4, -0.2) is 17.6 Å². The third-order valence-corrected chi connectivity index (χ3v) is 4.75. The molecule has 1 fully saturated rings. The molecular formula is C16H23ClN2O2. The molecule has 0 amide bonds. The Morgan fingerprint density at radius 1 is 1.33 bits per heavy atom. The number of aromatic carboxylic acids is 1. The maximum Gasteiger partial charge on any atom is 0.337 e. The fourth-order valence-electron chi connectivity index (χ4n) is 3.07. The highest BCUT2D eigenvalue weighted by Gasteiger charge is 2.21. The number of hydrogen-bond donors (Lipinski definition) is 3. The Morgan fingerprint density at radius 3 is 2.52 bits per heavy atom. The van der Waals surface area contributed by atoms with Crippen LogP contribution in [-0.2, 0) is 0 Å². The van der Waals surface area contributed by atoms with Crippen LogP contribution in [0, 0.1) is 11.8 Å². The van der Waals surface area contributed by atoms with E-state index in [1.54, 1.807) is 6.07 Å². The summed E-state index contributed by atoms with van der Waals surface area (Å²) < 4.78 is 0. The second-order valence-electron chi connectivity index (χ2n) is 5.91. The first-order valence-corrected chi connectivity index (χ1v) is 7.95. The highest BCUT2D eigenvalue weighted by Crippen LogP contribution is 2.33. The van der Waals surface area contributed by atoms with Gasteiger partial charge in [0, 0.05) is 12.2 Å². The van der Waals surface area contributed by atoms with Crippen molar-refractivity contribution >= 4 is 28.9 Å². The van der Waals surface area contributed by atoms with Crippen LogP contribution in [0.15, 0.2) is 12.1 Å². The van der Waals surface area contributed by atoms with Crippen molar-refractivity contribution in [3.05, 3.63) is 22.7 Å². The van der Waals surface area contributed by atoms with Gasteiger partial charge in [0.05, 0.1) is 16.3 Å². The first-order valence-electron chi connectivity index (χ1n) is 7.57. The number of carbonyl (C=O) groups is 1. The molecule has 0 radical (unpaired) electrons. The lowest BCUT2D eigenvalue weighted by atomic mass is 9.81. The van der Waals surface area contributed by atoms with Crippen molar-refractivity contribution in [2.75, 3.05) is 17.6 Å². The Kier molecular flexibility index (Phi) is 5.34. The second-order valence-corrected chi connectivity index (χ2v) is 6.31. The number of carboxylic acid groups (broad SMARTS) is 1. The Labute approximate surface area is 130 Å². The number of halogens is 1. The molecule has 116 valence electrons. The maximum absolute atomic E-state index is 11.3. The largest absolute Gasteiger partial charge is 0.478 e. The second kappa shape index (κ2) is 7.03. The summed E-state index contributed by atoms with van der Waals surface area (Å²) in [6.07, 6.45) is 6.18. The topological polar surface area (TPSA) is 75.3 Å². The number of nitrogens with two attached hydrogens (primary N) is 1. The number of benzene rings is 1. The van der Waals surface area contributed by atoms with Crippen molar-refractivity contribution < 1.29 is 9.90 Å². The molecule has 1 aliphatic rings. The van der Waals surface area contributed by atoms with E-state index in [0.29, 0.717) is 22.3 Å². The molecule has 0 unspecified atom stereocenters. The highest BCUT2D eigenvalue weighted by molar-refractivity contribution is 6.34. The van der Waals surface area contributed by atoms with Crippen molar-refractivity contribution in [3.8, 4) is 0 Å². The molecule has 4 N–H and O–H groups in total. The lowest BCUT2D eigenvalue weighted by Crippen LogP contribution is -2.22. The molecule has 0 heterocycles. The van der Waals surface area contributed by atoms with Crippen LogP contribution >= 0.6 is 11.6 Å². The third kappa shape index (κ3) is 4.03. The van der Waals surface area contributed by atoms with Crippen molar-refractivity contribution in [1.29, 1.82) is 0 Å². The van der Waals surface area contributed by atoms with E-state index >= 15 is 0 Å². The molecular weight excluding hydrogens is 288 g/mol. The predicted molar refractivity (Wildman–Crippen MR) is 87.1 cm³/mol. The van der Waals surface area contributed by atoms with Gasteiger partial charge in [-0.2, -0.15) is 0 Å². The van der Waals surface area contributed by atoms with Gasteiger partial charge in [-0.25, -0.2) is 4.79 Å². The quantitative estimate of drug-likeness (QED) is 0.711. The number of nitrogen functional groups attached to an aromatic ring is 1. The Morgan fingerprint density at radius 2 is 1.95 bits per heavy atom. The molecule has 1 aromatic carbocycles. The van der Waals surface area contributed by atoms with Gasteiger partial charge < -0.3 is 16.2 Å². The van der Waals surface area contributed by atoms with Crippen molar-refractivity contribution in [1.82, 2.24) is 0 Å². The highest BCUT2D eigenvalue weighted by atomic mass is 35.5. The van der Waals surface area contributed by atoms with Gasteiger partial charge >= 0.3 is 5.97 Å². The van der Waals surface area contributed by atoms with Crippen LogP contribution in [0.4, 0.5) is 11.4 Å². The molecule has 1 aliphatic carbocycles. The Hall–Kier alpha value is -1.42. The monoisotopic (exact) mass is 310 g/mol. The molecule has 21 heavy (non-hydrogen) atoms. The van der Waals surface area contributed by atoms with Crippen LogP contribution in [0.25, 0.3) is 0 Å². The van der Waals surface area contributed by atoms with E-state index in [4.69, 9.17) is 17.3 Å². The first-order chi connectivity index (χ1) is 10.0. The van der Waals surface area contributed by atoms with Gasteiger partial charge in [0.1, 0.15) is 0 Å². The summed E-state index contributed by atoms with van der Waals surface area (Å²) in [6.45, 7) is 3.01. The van der Waals surface area contributed by atoms with Gasteiger partial charge in [0.25, 0.3) is 0 Å². The molecule has 5 heteroatoms. The van der Waals surface area contributed by atoms with E-state index in [9.17, 15) is 9.90 Å². The van der Waals surface area contributed by atoms with Crippen LogP contribution < -0.4 is 11.1 Å². The van der Waals surface area contributed by atoms with Crippen LogP contribution in [0.5, 0.6) is 0 Å². The number of anilines is 2. The van der Waals surface area contributed by atoms with Gasteiger partial charge in [-0.15, -0.1) is 0 Å². The van der Waals surface area contributed by atoms with E-state index < -0.39 is 5.97 Å². The minimum Gasteiger partial charge on any atom is -0.478 e. The van der Waals surface area contributed by atoms with E-state index in [1.807, 2.05) is 0 Å². The molecule has 4 nitrogen and oxygen atoms in total. The minimum atomic E-state index is -1.01. The molecule has 0 bridgehead atoms. The van der Waals surface area contributed by atoms with Gasteiger partial charge in [0.2, 0.25) is 0 Å². The summed E-state index contributed by atoms with van der Waals surface area (Å²) in [5, 5.41) is 12.9. The van der Waals surface area contributed by atoms with Gasteiger partial charge in [0.15, 0.2) is 0 Å². The molecule has 0 atom stereocenters. The van der Waals surface area contributed by atoms with E-state index in [2.05, 4.69) is 12.2 Å². The SMILES string of the molecule is CCC1CCC(CNc2c(Cl)cc(N)cc2C(=O)O)CC1. The minimum absolute atomic E-state index is 0.141. The average Bonchev–Trinajstić information content (AvgIpc) is 2.46. The zero-order valence-electron chi connectivity index (χ0n) is 12.4. The zero-order valence-corrected chi connectivity index (χ0v) is 13.1. The third-order valence-electron chi connectivity index (χ3n) is 4.45. The molecule has 0 spiro atoms. The molecule has 1 saturated carbocycles. The molecule has 0 aromatic heterocycles. The first kappa shape index (κ1) is 16.0. The van der Waals surface area contributed by atoms with Crippen molar-refractivity contribution in [3.63, 3.8) is 0 Å². The van der Waals surface area contributed by atoms with Crippen LogP contribution in [0.1, 0.15) is 49.4 Å². The molecule has 0 aliphatic heterocycles. The summed E-state index contributed by atoms with van der Waals surface area (Å²) in [5.74, 6) is 0.431. The molecule has 1 aromatic rings. The number of carboxylic acids is 1. The zero-order chi connectivity index (χ0) is 15.4. The van der Waals surface area contributed by atoms with E-state index in [-0.39, 0.29) is 5.56 Å². The molecule has 2 rings (SSSR count). The van der Waals surface area contributed by atoms with Gasteiger partial charge in [-0.1, -0.05) is 37.8 Å². The van der Waals surface area contributed by atoms with E-state index in [0.717, 1.165) is 12.5 Å². The van der Waals surface area contributed by atoms with E-state index in [1.165, 1.54) is 38.2 Å². The van der Waals surface area contributed by atoms with Crippen LogP contribution in [0.3, 0.4) is 0 Å². The number of rotatable bonds is 5. The lowest BCUT2D eigenvalue weighted by Gasteiger charge is -2.28. The standard InChI is InChI=1S/C16H23ClN2O2/c1-2-10-3-5-11(6-4-10)9-19-15-13(16(20)21)7-12(18)8-14(15)17/h7-8,10-11,19H,2-6,9,18H2,1H3,(H,20,21). The summed E-state index contributed by atoms with van der Waals surface area (Å²) >= 11 is 6.14. The lowest BCUT2D eigenvalue weighted by molar-refractivity contribution is 0.0698. The number of nitrogens with one attached hydrogen (secondary N) is 1. The predicted octanol–water partition coefficient (Wildman–Crippen LogP) is 4.25. The van der Waals surface area contributed by atoms with Gasteiger partial charge in [-0.3, -0.25) is 0 Å². The normalized spacial score (nSPS) is 22.0.